The molecule has 9 nitrogen and oxygen atoms in total. The highest BCUT2D eigenvalue weighted by molar-refractivity contribution is 7.85. The number of aromatic nitrogens is 1. The van der Waals surface area contributed by atoms with Gasteiger partial charge in [0.05, 0.1) is 17.5 Å². The van der Waals surface area contributed by atoms with Gasteiger partial charge in [-0.1, -0.05) is 18.6 Å². The first-order valence-electron chi connectivity index (χ1n) is 13.1. The molecule has 0 saturated heterocycles. The molecular weight excluding hydrogens is 520 g/mol. The van der Waals surface area contributed by atoms with E-state index in [0.717, 1.165) is 46.5 Å². The number of nitrogens with zero attached hydrogens (tertiary/aromatic N) is 2. The molecule has 39 heavy (non-hydrogen) atoms. The van der Waals surface area contributed by atoms with Crippen LogP contribution in [0, 0.1) is 13.8 Å². The zero-order chi connectivity index (χ0) is 28.2. The van der Waals surface area contributed by atoms with E-state index in [1.54, 1.807) is 0 Å². The number of rotatable bonds is 12. The van der Waals surface area contributed by atoms with E-state index in [4.69, 9.17) is 14.3 Å². The number of ether oxygens (including phenoxy) is 1. The van der Waals surface area contributed by atoms with Gasteiger partial charge >= 0.3 is 11.9 Å². The average Bonchev–Trinajstić information content (AvgIpc) is 3.34. The number of carboxylic acid groups (broad SMARTS) is 1. The lowest BCUT2D eigenvalue weighted by atomic mass is 10.1. The summed E-state index contributed by atoms with van der Waals surface area (Å²) in [6, 6.07) is 11.9. The van der Waals surface area contributed by atoms with E-state index >= 15 is 0 Å². The van der Waals surface area contributed by atoms with Crippen LogP contribution in [0.15, 0.2) is 58.3 Å². The van der Waals surface area contributed by atoms with Crippen molar-refractivity contribution in [3.8, 4) is 5.75 Å². The predicted octanol–water partition coefficient (Wildman–Crippen LogP) is 5.40. The van der Waals surface area contributed by atoms with E-state index < -0.39 is 16.1 Å². The maximum atomic E-state index is 11.3. The number of carboxylic acids is 1. The van der Waals surface area contributed by atoms with Crippen molar-refractivity contribution in [3.63, 3.8) is 0 Å². The van der Waals surface area contributed by atoms with Crippen molar-refractivity contribution in [1.29, 1.82) is 0 Å². The molecule has 0 bridgehead atoms. The number of aliphatic carboxylic acids is 1. The molecule has 1 aliphatic rings. The molecule has 1 aromatic heterocycles. The fraction of sp³-hybridized carbons (Fsp3) is 0.379. The number of fused-ring (bicyclic) bond motifs is 2. The summed E-state index contributed by atoms with van der Waals surface area (Å²) in [4.78, 5) is 13.0. The second kappa shape index (κ2) is 12.0. The summed E-state index contributed by atoms with van der Waals surface area (Å²) in [5.74, 6) is 0.888. The van der Waals surface area contributed by atoms with E-state index in [-0.39, 0.29) is 18.6 Å². The first-order valence-corrected chi connectivity index (χ1v) is 14.7. The highest BCUT2D eigenvalue weighted by Crippen LogP contribution is 2.40. The number of anilines is 1. The lowest BCUT2D eigenvalue weighted by Crippen LogP contribution is -2.36. The van der Waals surface area contributed by atoms with Crippen LogP contribution in [-0.4, -0.2) is 36.3 Å². The average molecular weight is 556 g/mol. The van der Waals surface area contributed by atoms with Crippen molar-refractivity contribution < 1.29 is 36.6 Å². The first-order chi connectivity index (χ1) is 18.5. The Labute approximate surface area is 228 Å². The number of hydrogen-bond donors (Lipinski definition) is 2. The summed E-state index contributed by atoms with van der Waals surface area (Å²) >= 11 is 0. The van der Waals surface area contributed by atoms with Gasteiger partial charge in [-0.15, -0.1) is 0 Å². The van der Waals surface area contributed by atoms with Crippen LogP contribution in [0.25, 0.3) is 17.2 Å². The molecule has 0 spiro atoms. The maximum absolute atomic E-state index is 11.3. The largest absolute Gasteiger partial charge is 0.481 e. The lowest BCUT2D eigenvalue weighted by Gasteiger charge is -2.18. The van der Waals surface area contributed by atoms with Crippen molar-refractivity contribution in [1.82, 2.24) is 0 Å². The lowest BCUT2D eigenvalue weighted by molar-refractivity contribution is -0.677. The number of benzene rings is 2. The van der Waals surface area contributed by atoms with Gasteiger partial charge < -0.3 is 19.2 Å². The molecule has 2 N–H and O–H groups in total. The van der Waals surface area contributed by atoms with Gasteiger partial charge in [-0.25, -0.2) is 0 Å². The van der Waals surface area contributed by atoms with Crippen LogP contribution in [0.4, 0.5) is 5.69 Å². The summed E-state index contributed by atoms with van der Waals surface area (Å²) in [6.45, 7) is 7.00. The number of hydrogen-bond acceptors (Lipinski definition) is 6. The molecule has 0 aliphatic carbocycles. The van der Waals surface area contributed by atoms with E-state index in [2.05, 4.69) is 11.0 Å². The summed E-state index contributed by atoms with van der Waals surface area (Å²) in [5, 5.41) is 8.92. The zero-order valence-corrected chi connectivity index (χ0v) is 23.3. The Kier molecular flexibility index (Phi) is 8.76. The smallest absolute Gasteiger partial charge is 0.374 e. The van der Waals surface area contributed by atoms with E-state index in [1.807, 2.05) is 67.8 Å². The molecule has 0 unspecified atom stereocenters. The van der Waals surface area contributed by atoms with Gasteiger partial charge in [-0.3, -0.25) is 9.35 Å². The molecule has 0 amide bonds. The Morgan fingerprint density at radius 3 is 2.54 bits per heavy atom. The fourth-order valence-corrected chi connectivity index (χ4v) is 5.15. The normalized spacial score (nSPS) is 14.7. The Balaban J connectivity index is 1.61. The van der Waals surface area contributed by atoms with Crippen LogP contribution in [0.3, 0.4) is 0 Å². The molecule has 0 fully saturated rings. The summed E-state index contributed by atoms with van der Waals surface area (Å²) in [5.41, 5.74) is 5.54. The summed E-state index contributed by atoms with van der Waals surface area (Å²) in [6.07, 6.45) is 6.48. The molecular formula is C29H35N2O7S+. The fourth-order valence-electron chi connectivity index (χ4n) is 4.66. The molecule has 0 radical (unpaired) electrons. The highest BCUT2D eigenvalue weighted by Gasteiger charge is 2.27. The quantitative estimate of drug-likeness (QED) is 0.173. The minimum Gasteiger partial charge on any atom is -0.481 e. The zero-order valence-electron chi connectivity index (χ0n) is 22.5. The van der Waals surface area contributed by atoms with Crippen molar-refractivity contribution in [2.45, 2.75) is 59.4 Å². The Hall–Kier alpha value is -3.63. The van der Waals surface area contributed by atoms with Crippen molar-refractivity contribution in [2.24, 2.45) is 0 Å². The predicted molar refractivity (Wildman–Crippen MR) is 149 cm³/mol. The summed E-state index contributed by atoms with van der Waals surface area (Å²) < 4.78 is 46.0. The second-order valence-electron chi connectivity index (χ2n) is 10.0. The molecule has 2 heterocycles. The van der Waals surface area contributed by atoms with Crippen molar-refractivity contribution in [2.75, 3.05) is 17.2 Å². The van der Waals surface area contributed by atoms with Crippen LogP contribution in [0.5, 0.6) is 5.75 Å². The van der Waals surface area contributed by atoms with E-state index in [0.29, 0.717) is 36.9 Å². The van der Waals surface area contributed by atoms with Crippen LogP contribution in [-0.2, 0) is 21.5 Å². The minimum absolute atomic E-state index is 0.165. The molecule has 2 aromatic carbocycles. The third kappa shape index (κ3) is 7.48. The Morgan fingerprint density at radius 2 is 1.79 bits per heavy atom. The van der Waals surface area contributed by atoms with Gasteiger partial charge in [-0.2, -0.15) is 13.0 Å². The number of carbonyl (C=O) groups is 1. The van der Waals surface area contributed by atoms with Gasteiger partial charge in [-0.05, 0) is 68.5 Å². The van der Waals surface area contributed by atoms with Crippen LogP contribution in [0.1, 0.15) is 56.0 Å². The third-order valence-corrected chi connectivity index (χ3v) is 7.33. The molecule has 3 aromatic rings. The number of aryl methyl sites for hydroxylation is 3. The molecule has 0 saturated carbocycles. The SMILES string of the molecule is CC(=Cc1oc2ccc(C)cc2[n+]1CCCS(=O)(=O)O)C=C1Oc2ccc(C)cc2N1CCCCCC(=O)O. The van der Waals surface area contributed by atoms with Gasteiger partial charge in [0, 0.05) is 31.5 Å². The molecule has 10 heteroatoms. The number of unbranched alkanes of at least 4 members (excludes halogenated alkanes) is 2. The highest BCUT2D eigenvalue weighted by atomic mass is 32.2. The Morgan fingerprint density at radius 1 is 1.05 bits per heavy atom. The standard InChI is InChI=1S/C29H34N2O7S/c1-20-9-11-25-23(16-20)30(13-6-4-5-8-29(32)33)27(37-25)18-22(3)19-28-31(14-7-15-39(34,35)36)24-17-21(2)10-12-26(24)38-28/h9-12,16-19H,4-8,13-15H2,1-3H3,(H-,32,33,34,35,36)/p+1. The maximum Gasteiger partial charge on any atom is 0.374 e. The number of allylic oxidation sites excluding steroid dienone is 2. The van der Waals surface area contributed by atoms with Crippen LogP contribution in [0.2, 0.25) is 0 Å². The monoisotopic (exact) mass is 555 g/mol. The van der Waals surface area contributed by atoms with E-state index in [1.165, 1.54) is 0 Å². The third-order valence-electron chi connectivity index (χ3n) is 6.53. The second-order valence-corrected chi connectivity index (χ2v) is 11.6. The van der Waals surface area contributed by atoms with Gasteiger partial charge in [0.1, 0.15) is 0 Å². The molecule has 4 rings (SSSR count). The van der Waals surface area contributed by atoms with Crippen molar-refractivity contribution in [3.05, 3.63) is 70.9 Å². The van der Waals surface area contributed by atoms with Gasteiger partial charge in [0.25, 0.3) is 15.6 Å². The van der Waals surface area contributed by atoms with E-state index in [9.17, 15) is 17.8 Å². The molecule has 1 aliphatic heterocycles. The van der Waals surface area contributed by atoms with Gasteiger partial charge in [0.15, 0.2) is 12.3 Å². The first kappa shape index (κ1) is 28.4. The van der Waals surface area contributed by atoms with Crippen LogP contribution < -0.4 is 14.2 Å². The molecule has 0 atom stereocenters. The van der Waals surface area contributed by atoms with Gasteiger partial charge in [0.2, 0.25) is 11.5 Å². The summed E-state index contributed by atoms with van der Waals surface area (Å²) in [7, 11) is -4.06. The topological polar surface area (TPSA) is 121 Å². The minimum atomic E-state index is -4.06. The Bertz CT molecular complexity index is 1540. The van der Waals surface area contributed by atoms with Crippen molar-refractivity contribution >= 4 is 39.0 Å². The van der Waals surface area contributed by atoms with Crippen LogP contribution >= 0.6 is 0 Å². The number of oxazole rings is 1. The molecule has 208 valence electrons.